The molecule has 0 heterocycles. The van der Waals surface area contributed by atoms with Crippen molar-refractivity contribution in [3.8, 4) is 0 Å². The number of amides is 1. The molecule has 8 heteroatoms. The van der Waals surface area contributed by atoms with Gasteiger partial charge in [-0.15, -0.1) is 0 Å². The smallest absolute Gasteiger partial charge is 0.244 e. The summed E-state index contributed by atoms with van der Waals surface area (Å²) in [4.78, 5) is 12.7. The summed E-state index contributed by atoms with van der Waals surface area (Å²) >= 11 is 0. The maximum atomic E-state index is 13.6. The molecule has 0 aliphatic rings. The van der Waals surface area contributed by atoms with Crippen molar-refractivity contribution in [2.75, 3.05) is 10.6 Å². The molecule has 0 aromatic heterocycles. The van der Waals surface area contributed by atoms with Crippen LogP contribution in [0.25, 0.3) is 0 Å². The molecular formula is C19H22F2N2O3S. The zero-order chi connectivity index (χ0) is 20.2. The maximum absolute atomic E-state index is 13.6. The van der Waals surface area contributed by atoms with E-state index >= 15 is 0 Å². The Bertz CT molecular complexity index is 904. The molecule has 27 heavy (non-hydrogen) atoms. The lowest BCUT2D eigenvalue weighted by Crippen LogP contribution is -2.48. The van der Waals surface area contributed by atoms with Crippen molar-refractivity contribution in [2.45, 2.75) is 32.4 Å². The lowest BCUT2D eigenvalue weighted by Gasteiger charge is -2.29. The molecule has 0 unspecified atom stereocenters. The van der Waals surface area contributed by atoms with Gasteiger partial charge < -0.3 is 5.32 Å². The molecule has 0 bridgehead atoms. The van der Waals surface area contributed by atoms with Crippen LogP contribution in [-0.2, 0) is 14.8 Å². The number of sulfonamides is 1. The van der Waals surface area contributed by atoms with Crippen LogP contribution in [0.15, 0.2) is 48.5 Å². The molecule has 0 aliphatic carbocycles. The van der Waals surface area contributed by atoms with E-state index in [2.05, 4.69) is 5.32 Å². The number of hydrogen-bond acceptors (Lipinski definition) is 3. The fourth-order valence-electron chi connectivity index (χ4n) is 2.83. The van der Waals surface area contributed by atoms with Crippen LogP contribution in [0, 0.1) is 11.6 Å². The Morgan fingerprint density at radius 1 is 1.11 bits per heavy atom. The fraction of sp³-hybridized carbons (Fsp3) is 0.316. The summed E-state index contributed by atoms with van der Waals surface area (Å²) < 4.78 is 52.0. The van der Waals surface area contributed by atoms with Gasteiger partial charge in [-0.25, -0.2) is 17.2 Å². The number of carbonyl (C=O) groups excluding carboxylic acids is 1. The first kappa shape index (κ1) is 20.8. The van der Waals surface area contributed by atoms with E-state index in [1.165, 1.54) is 6.92 Å². The normalized spacial score (nSPS) is 13.7. The summed E-state index contributed by atoms with van der Waals surface area (Å²) in [7, 11) is -3.92. The predicted molar refractivity (Wildman–Crippen MR) is 101 cm³/mol. The van der Waals surface area contributed by atoms with E-state index in [0.717, 1.165) is 34.3 Å². The molecule has 5 nitrogen and oxygen atoms in total. The average molecular weight is 396 g/mol. The largest absolute Gasteiger partial charge is 0.347 e. The van der Waals surface area contributed by atoms with E-state index in [1.807, 2.05) is 37.3 Å². The van der Waals surface area contributed by atoms with Gasteiger partial charge in [-0.3, -0.25) is 9.10 Å². The number of benzene rings is 2. The number of hydrogen-bond donors (Lipinski definition) is 1. The molecule has 2 aromatic carbocycles. The SMILES string of the molecule is CC[C@@H](NC(=O)[C@H](C)N(c1ccc(F)c(F)c1)S(C)(=O)=O)c1ccccc1. The third-order valence-electron chi connectivity index (χ3n) is 4.17. The Labute approximate surface area is 158 Å². The predicted octanol–water partition coefficient (Wildman–Crippen LogP) is 3.39. The lowest BCUT2D eigenvalue weighted by molar-refractivity contribution is -0.122. The Hall–Kier alpha value is -2.48. The van der Waals surface area contributed by atoms with Gasteiger partial charge >= 0.3 is 0 Å². The van der Waals surface area contributed by atoms with Crippen molar-refractivity contribution in [3.05, 3.63) is 65.7 Å². The van der Waals surface area contributed by atoms with E-state index in [4.69, 9.17) is 0 Å². The number of halogens is 2. The Morgan fingerprint density at radius 2 is 1.74 bits per heavy atom. The molecule has 1 amide bonds. The zero-order valence-corrected chi connectivity index (χ0v) is 16.1. The monoisotopic (exact) mass is 396 g/mol. The lowest BCUT2D eigenvalue weighted by atomic mass is 10.0. The van der Waals surface area contributed by atoms with Crippen LogP contribution in [0.5, 0.6) is 0 Å². The number of nitrogens with zero attached hydrogens (tertiary/aromatic N) is 1. The molecular weight excluding hydrogens is 374 g/mol. The summed E-state index contributed by atoms with van der Waals surface area (Å²) in [5, 5.41) is 2.82. The van der Waals surface area contributed by atoms with Crippen LogP contribution in [0.3, 0.4) is 0 Å². The van der Waals surface area contributed by atoms with Crippen LogP contribution in [0.4, 0.5) is 14.5 Å². The van der Waals surface area contributed by atoms with Crippen molar-refractivity contribution in [1.82, 2.24) is 5.32 Å². The van der Waals surface area contributed by atoms with Gasteiger partial charge in [-0.05, 0) is 31.0 Å². The molecule has 0 spiro atoms. The molecule has 0 saturated heterocycles. The molecule has 2 aromatic rings. The van der Waals surface area contributed by atoms with E-state index < -0.39 is 33.6 Å². The van der Waals surface area contributed by atoms with Gasteiger partial charge in [0.05, 0.1) is 18.0 Å². The molecule has 0 saturated carbocycles. The highest BCUT2D eigenvalue weighted by molar-refractivity contribution is 7.92. The second-order valence-corrected chi connectivity index (χ2v) is 8.07. The van der Waals surface area contributed by atoms with Gasteiger partial charge in [0, 0.05) is 6.07 Å². The van der Waals surface area contributed by atoms with Crippen molar-refractivity contribution in [1.29, 1.82) is 0 Å². The first-order valence-electron chi connectivity index (χ1n) is 8.45. The topological polar surface area (TPSA) is 66.5 Å². The minimum atomic E-state index is -3.92. The standard InChI is InChI=1S/C19H22F2N2O3S/c1-4-18(14-8-6-5-7-9-14)22-19(24)13(2)23(27(3,25)26)15-10-11-16(20)17(21)12-15/h5-13,18H,4H2,1-3H3,(H,22,24)/t13-,18+/m0/s1. The van der Waals surface area contributed by atoms with Crippen molar-refractivity contribution in [2.24, 2.45) is 0 Å². The van der Waals surface area contributed by atoms with Gasteiger partial charge in [0.2, 0.25) is 15.9 Å². The second-order valence-electron chi connectivity index (χ2n) is 6.21. The van der Waals surface area contributed by atoms with E-state index in [1.54, 1.807) is 0 Å². The Kier molecular flexibility index (Phi) is 6.54. The van der Waals surface area contributed by atoms with E-state index in [0.29, 0.717) is 6.42 Å². The van der Waals surface area contributed by atoms with E-state index in [-0.39, 0.29) is 11.7 Å². The first-order chi connectivity index (χ1) is 12.6. The third-order valence-corrected chi connectivity index (χ3v) is 5.41. The fourth-order valence-corrected chi connectivity index (χ4v) is 4.00. The number of rotatable bonds is 7. The van der Waals surface area contributed by atoms with Crippen LogP contribution < -0.4 is 9.62 Å². The van der Waals surface area contributed by atoms with Crippen LogP contribution in [0.1, 0.15) is 31.9 Å². The first-order valence-corrected chi connectivity index (χ1v) is 10.3. The van der Waals surface area contributed by atoms with Gasteiger partial charge in [-0.2, -0.15) is 0 Å². The summed E-state index contributed by atoms with van der Waals surface area (Å²) in [5.74, 6) is -2.83. The molecule has 2 rings (SSSR count). The average Bonchev–Trinajstić information content (AvgIpc) is 2.62. The van der Waals surface area contributed by atoms with E-state index in [9.17, 15) is 22.0 Å². The minimum absolute atomic E-state index is 0.119. The highest BCUT2D eigenvalue weighted by atomic mass is 32.2. The van der Waals surface area contributed by atoms with Crippen molar-refractivity contribution >= 4 is 21.6 Å². The van der Waals surface area contributed by atoms with Gasteiger partial charge in [0.1, 0.15) is 6.04 Å². The molecule has 2 atom stereocenters. The Balaban J connectivity index is 2.30. The molecule has 0 radical (unpaired) electrons. The number of nitrogens with one attached hydrogen (secondary N) is 1. The van der Waals surface area contributed by atoms with Crippen molar-refractivity contribution in [3.63, 3.8) is 0 Å². The molecule has 146 valence electrons. The minimum Gasteiger partial charge on any atom is -0.347 e. The number of anilines is 1. The summed E-state index contributed by atoms with van der Waals surface area (Å²) in [6, 6.07) is 10.5. The molecule has 0 fully saturated rings. The third kappa shape index (κ3) is 5.03. The van der Waals surface area contributed by atoms with Crippen molar-refractivity contribution < 1.29 is 22.0 Å². The van der Waals surface area contributed by atoms with Gasteiger partial charge in [0.15, 0.2) is 11.6 Å². The van der Waals surface area contributed by atoms with Crippen LogP contribution >= 0.6 is 0 Å². The van der Waals surface area contributed by atoms with Crippen LogP contribution in [-0.4, -0.2) is 26.6 Å². The quantitative estimate of drug-likeness (QED) is 0.780. The van der Waals surface area contributed by atoms with Crippen LogP contribution in [0.2, 0.25) is 0 Å². The second kappa shape index (κ2) is 8.47. The highest BCUT2D eigenvalue weighted by Gasteiger charge is 2.30. The molecule has 1 N–H and O–H groups in total. The summed E-state index contributed by atoms with van der Waals surface area (Å²) in [6.07, 6.45) is 1.51. The van der Waals surface area contributed by atoms with Gasteiger partial charge in [-0.1, -0.05) is 37.3 Å². The maximum Gasteiger partial charge on any atom is 0.244 e. The van der Waals surface area contributed by atoms with Gasteiger partial charge in [0.25, 0.3) is 0 Å². The highest BCUT2D eigenvalue weighted by Crippen LogP contribution is 2.24. The number of carbonyl (C=O) groups is 1. The zero-order valence-electron chi connectivity index (χ0n) is 15.3. The Morgan fingerprint density at radius 3 is 2.26 bits per heavy atom. The summed E-state index contributed by atoms with van der Waals surface area (Å²) in [5.41, 5.74) is 0.770. The summed E-state index contributed by atoms with van der Waals surface area (Å²) in [6.45, 7) is 3.29. The molecule has 0 aliphatic heterocycles.